The lowest BCUT2D eigenvalue weighted by atomic mass is 10.0. The highest BCUT2D eigenvalue weighted by atomic mass is 79.9. The van der Waals surface area contributed by atoms with Crippen LogP contribution in [0.3, 0.4) is 0 Å². The zero-order valence-electron chi connectivity index (χ0n) is 10.2. The summed E-state index contributed by atoms with van der Waals surface area (Å²) in [4.78, 5) is 0. The molecule has 3 aliphatic carbocycles. The quantitative estimate of drug-likeness (QED) is 0.897. The summed E-state index contributed by atoms with van der Waals surface area (Å²) in [6, 6.07) is 6.14. The highest BCUT2D eigenvalue weighted by molar-refractivity contribution is 9.10. The van der Waals surface area contributed by atoms with Crippen LogP contribution in [0.15, 0.2) is 22.7 Å². The highest BCUT2D eigenvalue weighted by Gasteiger charge is 2.64. The van der Waals surface area contributed by atoms with Gasteiger partial charge in [-0.1, -0.05) is 6.07 Å². The molecular weight excluding hydrogens is 293 g/mol. The zero-order chi connectivity index (χ0) is 12.3. The standard InChI is InChI=1S/C15H17BrFN/c16-11-4-1-8(5-12(11)17)7-18-15-13-9-2-3-10(6-9)14(13)15/h1,4-5,9-10,13-15,18H,2-3,6-7H2. The Kier molecular flexibility index (Phi) is 2.56. The predicted molar refractivity (Wildman–Crippen MR) is 72.5 cm³/mol. The van der Waals surface area contributed by atoms with Gasteiger partial charge in [0.1, 0.15) is 5.82 Å². The number of fused-ring (bicyclic) bond motifs is 5. The summed E-state index contributed by atoms with van der Waals surface area (Å²) in [5.41, 5.74) is 1.05. The summed E-state index contributed by atoms with van der Waals surface area (Å²) in [5.74, 6) is 3.73. The first-order chi connectivity index (χ1) is 8.74. The third-order valence-corrected chi connectivity index (χ3v) is 5.90. The molecule has 96 valence electrons. The van der Waals surface area contributed by atoms with Crippen molar-refractivity contribution in [3.63, 3.8) is 0 Å². The molecule has 0 aliphatic heterocycles. The monoisotopic (exact) mass is 309 g/mol. The van der Waals surface area contributed by atoms with Crippen molar-refractivity contribution in [2.75, 3.05) is 0 Å². The Morgan fingerprint density at radius 2 is 1.94 bits per heavy atom. The van der Waals surface area contributed by atoms with Gasteiger partial charge in [0, 0.05) is 12.6 Å². The Bertz CT molecular complexity index is 473. The van der Waals surface area contributed by atoms with Crippen molar-refractivity contribution in [2.24, 2.45) is 23.7 Å². The van der Waals surface area contributed by atoms with Crippen LogP contribution in [-0.2, 0) is 6.54 Å². The molecule has 3 saturated carbocycles. The molecule has 1 aromatic rings. The maximum atomic E-state index is 13.4. The Hall–Kier alpha value is -0.410. The van der Waals surface area contributed by atoms with Crippen LogP contribution in [0.1, 0.15) is 24.8 Å². The summed E-state index contributed by atoms with van der Waals surface area (Å²) >= 11 is 3.19. The lowest BCUT2D eigenvalue weighted by Gasteiger charge is -2.10. The maximum absolute atomic E-state index is 13.4. The SMILES string of the molecule is Fc1cc(CNC2C3C4CCC(C4)C23)ccc1Br. The second-order valence-corrected chi connectivity index (χ2v) is 7.00. The van der Waals surface area contributed by atoms with E-state index >= 15 is 0 Å². The van der Waals surface area contributed by atoms with Crippen LogP contribution in [0.4, 0.5) is 4.39 Å². The molecule has 2 bridgehead atoms. The molecule has 3 heteroatoms. The molecule has 4 atom stereocenters. The minimum atomic E-state index is -0.162. The van der Waals surface area contributed by atoms with Gasteiger partial charge in [0.05, 0.1) is 4.47 Å². The number of rotatable bonds is 3. The van der Waals surface area contributed by atoms with Crippen LogP contribution in [0.25, 0.3) is 0 Å². The molecule has 1 aromatic carbocycles. The molecule has 1 N–H and O–H groups in total. The van der Waals surface area contributed by atoms with Crippen LogP contribution in [0.5, 0.6) is 0 Å². The fourth-order valence-electron chi connectivity index (χ4n) is 4.48. The van der Waals surface area contributed by atoms with Gasteiger partial charge in [0.15, 0.2) is 0 Å². The van der Waals surface area contributed by atoms with Crippen molar-refractivity contribution in [1.29, 1.82) is 0 Å². The molecule has 18 heavy (non-hydrogen) atoms. The van der Waals surface area contributed by atoms with E-state index in [1.54, 1.807) is 12.1 Å². The number of hydrogen-bond acceptors (Lipinski definition) is 1. The smallest absolute Gasteiger partial charge is 0.137 e. The summed E-state index contributed by atoms with van der Waals surface area (Å²) < 4.78 is 14.0. The molecule has 3 fully saturated rings. The van der Waals surface area contributed by atoms with E-state index in [2.05, 4.69) is 21.2 Å². The summed E-state index contributed by atoms with van der Waals surface area (Å²) in [6.45, 7) is 0.807. The fraction of sp³-hybridized carbons (Fsp3) is 0.600. The van der Waals surface area contributed by atoms with Gasteiger partial charge in [0.2, 0.25) is 0 Å². The molecule has 0 heterocycles. The van der Waals surface area contributed by atoms with E-state index in [1.807, 2.05) is 6.07 Å². The van der Waals surface area contributed by atoms with E-state index in [0.717, 1.165) is 41.8 Å². The normalized spacial score (nSPS) is 40.0. The van der Waals surface area contributed by atoms with Gasteiger partial charge in [0.25, 0.3) is 0 Å². The largest absolute Gasteiger partial charge is 0.309 e. The number of nitrogens with one attached hydrogen (secondary N) is 1. The minimum Gasteiger partial charge on any atom is -0.309 e. The Balaban J connectivity index is 1.39. The minimum absolute atomic E-state index is 0.162. The lowest BCUT2D eigenvalue weighted by molar-refractivity contribution is 0.456. The van der Waals surface area contributed by atoms with Gasteiger partial charge >= 0.3 is 0 Å². The molecule has 0 spiro atoms. The second kappa shape index (κ2) is 4.04. The van der Waals surface area contributed by atoms with Crippen LogP contribution in [-0.4, -0.2) is 6.04 Å². The molecule has 0 aromatic heterocycles. The van der Waals surface area contributed by atoms with E-state index in [9.17, 15) is 4.39 Å². The number of benzene rings is 1. The van der Waals surface area contributed by atoms with Crippen molar-refractivity contribution < 1.29 is 4.39 Å². The first-order valence-corrected chi connectivity index (χ1v) is 7.70. The third kappa shape index (κ3) is 1.67. The van der Waals surface area contributed by atoms with Crippen molar-refractivity contribution in [3.8, 4) is 0 Å². The first kappa shape index (κ1) is 11.4. The van der Waals surface area contributed by atoms with E-state index in [4.69, 9.17) is 0 Å². The van der Waals surface area contributed by atoms with Gasteiger partial charge in [-0.15, -0.1) is 0 Å². The Morgan fingerprint density at radius 1 is 1.22 bits per heavy atom. The maximum Gasteiger partial charge on any atom is 0.137 e. The summed E-state index contributed by atoms with van der Waals surface area (Å²) in [5, 5.41) is 3.64. The van der Waals surface area contributed by atoms with E-state index in [0.29, 0.717) is 4.47 Å². The molecule has 1 nitrogen and oxygen atoms in total. The van der Waals surface area contributed by atoms with Crippen molar-refractivity contribution in [3.05, 3.63) is 34.1 Å². The average Bonchev–Trinajstić information content (AvgIpc) is 2.76. The molecule has 4 unspecified atom stereocenters. The summed E-state index contributed by atoms with van der Waals surface area (Å²) in [7, 11) is 0. The number of hydrogen-bond donors (Lipinski definition) is 1. The Labute approximate surface area is 115 Å². The van der Waals surface area contributed by atoms with Gasteiger partial charge in [-0.05, 0) is 76.6 Å². The van der Waals surface area contributed by atoms with Gasteiger partial charge in [-0.2, -0.15) is 0 Å². The van der Waals surface area contributed by atoms with Gasteiger partial charge in [-0.3, -0.25) is 0 Å². The second-order valence-electron chi connectivity index (χ2n) is 6.14. The lowest BCUT2D eigenvalue weighted by Crippen LogP contribution is -2.22. The van der Waals surface area contributed by atoms with Crippen LogP contribution < -0.4 is 5.32 Å². The van der Waals surface area contributed by atoms with Crippen LogP contribution in [0.2, 0.25) is 0 Å². The molecule has 4 rings (SSSR count). The Morgan fingerprint density at radius 3 is 2.61 bits per heavy atom. The zero-order valence-corrected chi connectivity index (χ0v) is 11.8. The van der Waals surface area contributed by atoms with Crippen molar-refractivity contribution in [1.82, 2.24) is 5.32 Å². The molecule has 0 saturated heterocycles. The fourth-order valence-corrected chi connectivity index (χ4v) is 4.73. The van der Waals surface area contributed by atoms with E-state index < -0.39 is 0 Å². The predicted octanol–water partition coefficient (Wildman–Crippen LogP) is 3.72. The topological polar surface area (TPSA) is 12.0 Å². The van der Waals surface area contributed by atoms with E-state index in [1.165, 1.54) is 19.3 Å². The van der Waals surface area contributed by atoms with E-state index in [-0.39, 0.29) is 5.82 Å². The third-order valence-electron chi connectivity index (χ3n) is 5.26. The molecule has 0 amide bonds. The van der Waals surface area contributed by atoms with Crippen molar-refractivity contribution in [2.45, 2.75) is 31.8 Å². The average molecular weight is 310 g/mol. The van der Waals surface area contributed by atoms with Gasteiger partial charge < -0.3 is 5.32 Å². The summed E-state index contributed by atoms with van der Waals surface area (Å²) in [6.07, 6.45) is 4.40. The first-order valence-electron chi connectivity index (χ1n) is 6.91. The molecule has 3 aliphatic rings. The van der Waals surface area contributed by atoms with Crippen molar-refractivity contribution >= 4 is 15.9 Å². The number of halogens is 2. The van der Waals surface area contributed by atoms with Crippen LogP contribution >= 0.6 is 15.9 Å². The molecular formula is C15H17BrFN. The molecule has 0 radical (unpaired) electrons. The van der Waals surface area contributed by atoms with Crippen LogP contribution in [0, 0.1) is 29.5 Å². The highest BCUT2D eigenvalue weighted by Crippen LogP contribution is 2.65. The van der Waals surface area contributed by atoms with Gasteiger partial charge in [-0.25, -0.2) is 4.39 Å².